The van der Waals surface area contributed by atoms with Crippen LogP contribution in [0.15, 0.2) is 35.2 Å². The number of hydrogen-bond acceptors (Lipinski definition) is 3. The number of allylic oxidation sites excluding steroid dienone is 2. The maximum atomic E-state index is 14.2. The van der Waals surface area contributed by atoms with Crippen LogP contribution in [0.5, 0.6) is 5.75 Å². The van der Waals surface area contributed by atoms with Crippen molar-refractivity contribution in [2.45, 2.75) is 24.2 Å². The van der Waals surface area contributed by atoms with Gasteiger partial charge < -0.3 is 4.74 Å². The van der Waals surface area contributed by atoms with E-state index in [1.54, 1.807) is 12.1 Å². The van der Waals surface area contributed by atoms with Gasteiger partial charge in [-0.3, -0.25) is 0 Å². The van der Waals surface area contributed by atoms with Crippen molar-refractivity contribution >= 4 is 32.8 Å². The molecule has 2 aromatic carbocycles. The molecule has 138 valence electrons. The molecular weight excluding hydrogens is 384 g/mol. The van der Waals surface area contributed by atoms with Crippen LogP contribution in [-0.4, -0.2) is 15.5 Å². The van der Waals surface area contributed by atoms with Crippen LogP contribution in [0, 0.1) is 11.6 Å². The van der Waals surface area contributed by atoms with Crippen molar-refractivity contribution in [2.24, 2.45) is 5.14 Å². The third kappa shape index (κ3) is 3.47. The van der Waals surface area contributed by atoms with E-state index in [1.165, 1.54) is 7.11 Å². The number of halogens is 3. The van der Waals surface area contributed by atoms with Gasteiger partial charge in [-0.15, -0.1) is 0 Å². The van der Waals surface area contributed by atoms with Gasteiger partial charge in [0.05, 0.1) is 12.1 Å². The highest BCUT2D eigenvalue weighted by molar-refractivity contribution is 7.89. The van der Waals surface area contributed by atoms with Crippen molar-refractivity contribution in [3.8, 4) is 5.75 Å². The van der Waals surface area contributed by atoms with Gasteiger partial charge in [0.15, 0.2) is 4.90 Å². The molecule has 2 N–H and O–H groups in total. The van der Waals surface area contributed by atoms with E-state index in [1.807, 2.05) is 6.07 Å². The number of hydrogen-bond donors (Lipinski definition) is 1. The predicted molar refractivity (Wildman–Crippen MR) is 96.4 cm³/mol. The lowest BCUT2D eigenvalue weighted by Crippen LogP contribution is -2.16. The molecule has 0 radical (unpaired) electrons. The van der Waals surface area contributed by atoms with Crippen molar-refractivity contribution in [3.63, 3.8) is 0 Å². The van der Waals surface area contributed by atoms with Crippen molar-refractivity contribution in [3.05, 3.63) is 58.1 Å². The molecule has 2 aromatic rings. The zero-order chi connectivity index (χ0) is 19.1. The zero-order valence-corrected chi connectivity index (χ0v) is 15.4. The molecule has 26 heavy (non-hydrogen) atoms. The molecule has 0 aliphatic heterocycles. The van der Waals surface area contributed by atoms with E-state index in [0.717, 1.165) is 41.7 Å². The monoisotopic (exact) mass is 399 g/mol. The minimum Gasteiger partial charge on any atom is -0.495 e. The van der Waals surface area contributed by atoms with Crippen LogP contribution >= 0.6 is 11.6 Å². The Balaban J connectivity index is 2.13. The zero-order valence-electron chi connectivity index (χ0n) is 13.9. The van der Waals surface area contributed by atoms with Gasteiger partial charge in [-0.05, 0) is 65.8 Å². The Bertz CT molecular complexity index is 996. The third-order valence-electron chi connectivity index (χ3n) is 4.35. The maximum absolute atomic E-state index is 14.2. The number of methoxy groups -OCH3 is 1. The smallest absolute Gasteiger partial charge is 0.243 e. The van der Waals surface area contributed by atoms with E-state index < -0.39 is 26.6 Å². The predicted octanol–water partition coefficient (Wildman–Crippen LogP) is 4.37. The van der Waals surface area contributed by atoms with Crippen molar-refractivity contribution in [2.75, 3.05) is 7.11 Å². The van der Waals surface area contributed by atoms with Gasteiger partial charge in [-0.1, -0.05) is 17.7 Å². The largest absolute Gasteiger partial charge is 0.495 e. The van der Waals surface area contributed by atoms with Gasteiger partial charge in [-0.2, -0.15) is 0 Å². The minimum absolute atomic E-state index is 0.298. The average molecular weight is 400 g/mol. The average Bonchev–Trinajstić information content (AvgIpc) is 3.02. The summed E-state index contributed by atoms with van der Waals surface area (Å²) in [5, 5.41) is 5.31. The second kappa shape index (κ2) is 6.98. The quantitative estimate of drug-likeness (QED) is 0.830. The van der Waals surface area contributed by atoms with Gasteiger partial charge in [0, 0.05) is 0 Å². The lowest BCUT2D eigenvalue weighted by molar-refractivity contribution is 0.415. The van der Waals surface area contributed by atoms with Crippen LogP contribution in [-0.2, 0) is 10.0 Å². The van der Waals surface area contributed by atoms with Gasteiger partial charge in [0.1, 0.15) is 17.4 Å². The van der Waals surface area contributed by atoms with Crippen LogP contribution < -0.4 is 9.88 Å². The number of benzene rings is 2. The molecule has 8 heteroatoms. The molecule has 0 saturated carbocycles. The van der Waals surface area contributed by atoms with Crippen LogP contribution in [0.1, 0.15) is 30.4 Å². The molecule has 1 aliphatic rings. The van der Waals surface area contributed by atoms with Gasteiger partial charge in [0.2, 0.25) is 10.0 Å². The first-order valence-corrected chi connectivity index (χ1v) is 9.73. The second-order valence-corrected chi connectivity index (χ2v) is 7.88. The first-order chi connectivity index (χ1) is 12.2. The van der Waals surface area contributed by atoms with E-state index >= 15 is 0 Å². The van der Waals surface area contributed by atoms with Crippen LogP contribution in [0.4, 0.5) is 8.78 Å². The summed E-state index contributed by atoms with van der Waals surface area (Å²) in [6, 6.07) is 7.32. The summed E-state index contributed by atoms with van der Waals surface area (Å²) in [6.07, 6.45) is 2.15. The summed E-state index contributed by atoms with van der Waals surface area (Å²) >= 11 is 6.17. The van der Waals surface area contributed by atoms with Crippen molar-refractivity contribution < 1.29 is 21.9 Å². The summed E-state index contributed by atoms with van der Waals surface area (Å²) in [6.45, 7) is 0. The molecule has 0 atom stereocenters. The standard InChI is InChI=1S/C18H16ClF2NO3S/c1-25-17-6-5-10(7-14(17)19)12-3-2-4-13(12)11-8-15(20)18(16(21)9-11)26(22,23)24/h5-9H,2-4H2,1H3,(H2,22,23,24). The molecule has 0 fully saturated rings. The first kappa shape index (κ1) is 18.8. The first-order valence-electron chi connectivity index (χ1n) is 7.80. The maximum Gasteiger partial charge on any atom is 0.243 e. The Labute approximate surface area is 155 Å². The van der Waals surface area contributed by atoms with Crippen LogP contribution in [0.2, 0.25) is 5.02 Å². The molecule has 0 amide bonds. The normalized spacial score (nSPS) is 14.8. The molecule has 0 aromatic heterocycles. The number of nitrogens with two attached hydrogens (primary N) is 1. The molecule has 1 aliphatic carbocycles. The highest BCUT2D eigenvalue weighted by Gasteiger charge is 2.25. The topological polar surface area (TPSA) is 69.4 Å². The Kier molecular flexibility index (Phi) is 5.05. The van der Waals surface area contributed by atoms with Gasteiger partial charge in [-0.25, -0.2) is 22.3 Å². The van der Waals surface area contributed by atoms with Gasteiger partial charge in [0.25, 0.3) is 0 Å². The Morgan fingerprint density at radius 3 is 2.12 bits per heavy atom. The number of ether oxygens (including phenoxy) is 1. The fourth-order valence-electron chi connectivity index (χ4n) is 3.24. The summed E-state index contributed by atoms with van der Waals surface area (Å²) in [4.78, 5) is -1.12. The van der Waals surface area contributed by atoms with E-state index in [-0.39, 0.29) is 0 Å². The summed E-state index contributed by atoms with van der Waals surface area (Å²) < 4.78 is 56.2. The fraction of sp³-hybridized carbons (Fsp3) is 0.222. The lowest BCUT2D eigenvalue weighted by Gasteiger charge is -2.12. The van der Waals surface area contributed by atoms with E-state index in [9.17, 15) is 17.2 Å². The van der Waals surface area contributed by atoms with Crippen molar-refractivity contribution in [1.29, 1.82) is 0 Å². The summed E-state index contributed by atoms with van der Waals surface area (Å²) in [5.74, 6) is -1.87. The van der Waals surface area contributed by atoms with Crippen LogP contribution in [0.25, 0.3) is 11.1 Å². The molecule has 0 spiro atoms. The Morgan fingerprint density at radius 1 is 1.04 bits per heavy atom. The summed E-state index contributed by atoms with van der Waals surface area (Å²) in [7, 11) is -2.97. The van der Waals surface area contributed by atoms with Crippen LogP contribution in [0.3, 0.4) is 0 Å². The Hall–Kier alpha value is -1.96. The summed E-state index contributed by atoms with van der Waals surface area (Å²) in [5.41, 5.74) is 2.80. The molecule has 0 unspecified atom stereocenters. The highest BCUT2D eigenvalue weighted by atomic mass is 35.5. The second-order valence-electron chi connectivity index (χ2n) is 5.97. The van der Waals surface area contributed by atoms with E-state index in [4.69, 9.17) is 21.5 Å². The molecule has 4 nitrogen and oxygen atoms in total. The Morgan fingerprint density at radius 2 is 1.62 bits per heavy atom. The van der Waals surface area contributed by atoms with E-state index in [0.29, 0.717) is 22.8 Å². The minimum atomic E-state index is -4.48. The fourth-order valence-corrected chi connectivity index (χ4v) is 4.16. The number of rotatable bonds is 4. The van der Waals surface area contributed by atoms with Gasteiger partial charge >= 0.3 is 0 Å². The highest BCUT2D eigenvalue weighted by Crippen LogP contribution is 2.42. The number of primary sulfonamides is 1. The van der Waals surface area contributed by atoms with Crippen molar-refractivity contribution in [1.82, 2.24) is 0 Å². The molecule has 0 heterocycles. The molecule has 3 rings (SSSR count). The van der Waals surface area contributed by atoms with E-state index in [2.05, 4.69) is 0 Å². The third-order valence-corrected chi connectivity index (χ3v) is 5.60. The molecular formula is C18H16ClF2NO3S. The molecule has 0 saturated heterocycles. The lowest BCUT2D eigenvalue weighted by atomic mass is 9.97. The SMILES string of the molecule is COc1ccc(C2=C(c3cc(F)c(S(N)(=O)=O)c(F)c3)CCC2)cc1Cl. The number of sulfonamides is 1. The molecule has 0 bridgehead atoms.